The molecule has 17 heavy (non-hydrogen) atoms. The van der Waals surface area contributed by atoms with Gasteiger partial charge < -0.3 is 10.4 Å². The molecule has 1 amide bonds. The molecular weight excluding hydrogens is 289 g/mol. The van der Waals surface area contributed by atoms with Crippen LogP contribution in [0, 0.1) is 5.82 Å². The van der Waals surface area contributed by atoms with Crippen molar-refractivity contribution in [1.82, 2.24) is 5.32 Å². The molecule has 0 fully saturated rings. The van der Waals surface area contributed by atoms with Gasteiger partial charge >= 0.3 is 0 Å². The van der Waals surface area contributed by atoms with Crippen LogP contribution in [-0.4, -0.2) is 22.4 Å². The predicted octanol–water partition coefficient (Wildman–Crippen LogP) is 2.82. The number of benzene rings is 1. The predicted molar refractivity (Wildman–Crippen MR) is 68.0 cm³/mol. The van der Waals surface area contributed by atoms with Crippen molar-refractivity contribution in [2.45, 2.75) is 25.8 Å². The molecular formula is C12H15BrFNO2. The molecule has 0 saturated carbocycles. The quantitative estimate of drug-likeness (QED) is 0.822. The van der Waals surface area contributed by atoms with Crippen LogP contribution in [0.3, 0.4) is 0 Å². The average Bonchev–Trinajstić information content (AvgIpc) is 2.26. The Morgan fingerprint density at radius 3 is 2.88 bits per heavy atom. The van der Waals surface area contributed by atoms with Crippen LogP contribution in [-0.2, 0) is 0 Å². The molecule has 0 spiro atoms. The van der Waals surface area contributed by atoms with Crippen molar-refractivity contribution in [3.63, 3.8) is 0 Å². The summed E-state index contributed by atoms with van der Waals surface area (Å²) in [4.78, 5) is 11.7. The molecule has 0 radical (unpaired) electrons. The molecule has 3 nitrogen and oxygen atoms in total. The largest absolute Gasteiger partial charge is 0.508 e. The molecule has 1 atom stereocenters. The first-order valence-electron chi connectivity index (χ1n) is 5.40. The zero-order chi connectivity index (χ0) is 12.8. The van der Waals surface area contributed by atoms with E-state index in [1.807, 2.05) is 6.92 Å². The van der Waals surface area contributed by atoms with Crippen LogP contribution >= 0.6 is 15.9 Å². The Balaban J connectivity index is 2.63. The molecule has 1 aromatic rings. The van der Waals surface area contributed by atoms with E-state index in [9.17, 15) is 9.18 Å². The minimum absolute atomic E-state index is 0.00625. The molecule has 0 aliphatic heterocycles. The maximum absolute atomic E-state index is 13.4. The van der Waals surface area contributed by atoms with Crippen molar-refractivity contribution in [1.29, 1.82) is 0 Å². The fourth-order valence-corrected chi connectivity index (χ4v) is 1.77. The van der Waals surface area contributed by atoms with Gasteiger partial charge in [0, 0.05) is 17.4 Å². The third kappa shape index (κ3) is 4.34. The van der Waals surface area contributed by atoms with Crippen molar-refractivity contribution in [3.05, 3.63) is 29.6 Å². The van der Waals surface area contributed by atoms with Gasteiger partial charge in [0.1, 0.15) is 11.6 Å². The Hall–Kier alpha value is -1.10. The van der Waals surface area contributed by atoms with Gasteiger partial charge in [0.15, 0.2) is 0 Å². The van der Waals surface area contributed by atoms with Gasteiger partial charge in [-0.05, 0) is 31.9 Å². The number of hydrogen-bond donors (Lipinski definition) is 2. The Morgan fingerprint density at radius 2 is 2.29 bits per heavy atom. The zero-order valence-corrected chi connectivity index (χ0v) is 11.1. The molecule has 5 heteroatoms. The Kier molecular flexibility index (Phi) is 5.41. The van der Waals surface area contributed by atoms with Crippen LogP contribution in [0.1, 0.15) is 30.1 Å². The molecule has 1 unspecified atom stereocenters. The van der Waals surface area contributed by atoms with E-state index in [1.54, 1.807) is 0 Å². The average molecular weight is 304 g/mol. The molecule has 0 aromatic heterocycles. The highest BCUT2D eigenvalue weighted by molar-refractivity contribution is 9.09. The molecule has 0 heterocycles. The second-order valence-corrected chi connectivity index (χ2v) is 4.66. The van der Waals surface area contributed by atoms with Crippen molar-refractivity contribution in [2.24, 2.45) is 0 Å². The highest BCUT2D eigenvalue weighted by Crippen LogP contribution is 2.15. The smallest absolute Gasteiger partial charge is 0.254 e. The van der Waals surface area contributed by atoms with Crippen LogP contribution in [0.15, 0.2) is 18.2 Å². The highest BCUT2D eigenvalue weighted by atomic mass is 79.9. The van der Waals surface area contributed by atoms with E-state index in [4.69, 9.17) is 5.11 Å². The van der Waals surface area contributed by atoms with Gasteiger partial charge in [0.2, 0.25) is 0 Å². The number of amides is 1. The summed E-state index contributed by atoms with van der Waals surface area (Å²) in [6, 6.07) is 3.49. The Morgan fingerprint density at radius 1 is 1.59 bits per heavy atom. The zero-order valence-electron chi connectivity index (χ0n) is 9.54. The lowest BCUT2D eigenvalue weighted by atomic mass is 10.1. The second kappa shape index (κ2) is 6.59. The first kappa shape index (κ1) is 14.0. The Labute approximate surface area is 108 Å². The SMILES string of the molecule is CC(CCCBr)NC(=O)c1ccc(O)cc1F. The lowest BCUT2D eigenvalue weighted by Crippen LogP contribution is -2.33. The van der Waals surface area contributed by atoms with E-state index in [-0.39, 0.29) is 17.4 Å². The van der Waals surface area contributed by atoms with E-state index in [0.29, 0.717) is 0 Å². The molecule has 1 aromatic carbocycles. The van der Waals surface area contributed by atoms with Gasteiger partial charge in [-0.15, -0.1) is 0 Å². The monoisotopic (exact) mass is 303 g/mol. The summed E-state index contributed by atoms with van der Waals surface area (Å²) in [5.74, 6) is -1.36. The summed E-state index contributed by atoms with van der Waals surface area (Å²) >= 11 is 3.31. The normalized spacial score (nSPS) is 12.2. The van der Waals surface area contributed by atoms with Crippen LogP contribution < -0.4 is 5.32 Å². The summed E-state index contributed by atoms with van der Waals surface area (Å²) in [6.45, 7) is 1.87. The molecule has 2 N–H and O–H groups in total. The van der Waals surface area contributed by atoms with Gasteiger partial charge in [-0.25, -0.2) is 4.39 Å². The molecule has 1 rings (SSSR count). The molecule has 94 valence electrons. The first-order chi connectivity index (χ1) is 8.04. The highest BCUT2D eigenvalue weighted by Gasteiger charge is 2.14. The third-order valence-corrected chi connectivity index (χ3v) is 2.91. The fraction of sp³-hybridized carbons (Fsp3) is 0.417. The number of carbonyl (C=O) groups excluding carboxylic acids is 1. The van der Waals surface area contributed by atoms with Crippen LogP contribution in [0.5, 0.6) is 5.75 Å². The van der Waals surface area contributed by atoms with Crippen molar-refractivity contribution < 1.29 is 14.3 Å². The van der Waals surface area contributed by atoms with Gasteiger partial charge in [-0.1, -0.05) is 15.9 Å². The topological polar surface area (TPSA) is 49.3 Å². The lowest BCUT2D eigenvalue weighted by molar-refractivity contribution is 0.0934. The van der Waals surface area contributed by atoms with Crippen molar-refractivity contribution in [3.8, 4) is 5.75 Å². The van der Waals surface area contributed by atoms with E-state index in [1.165, 1.54) is 12.1 Å². The van der Waals surface area contributed by atoms with E-state index < -0.39 is 11.7 Å². The maximum Gasteiger partial charge on any atom is 0.254 e. The first-order valence-corrected chi connectivity index (χ1v) is 6.52. The number of aromatic hydroxyl groups is 1. The number of halogens is 2. The summed E-state index contributed by atoms with van der Waals surface area (Å²) < 4.78 is 13.4. The molecule has 0 bridgehead atoms. The van der Waals surface area contributed by atoms with Crippen LogP contribution in [0.2, 0.25) is 0 Å². The Bertz CT molecular complexity index is 398. The van der Waals surface area contributed by atoms with Crippen LogP contribution in [0.4, 0.5) is 4.39 Å². The van der Waals surface area contributed by atoms with E-state index in [2.05, 4.69) is 21.2 Å². The van der Waals surface area contributed by atoms with Crippen molar-refractivity contribution >= 4 is 21.8 Å². The summed E-state index contributed by atoms with van der Waals surface area (Å²) in [7, 11) is 0. The van der Waals surface area contributed by atoms with Gasteiger partial charge in [-0.3, -0.25) is 4.79 Å². The van der Waals surface area contributed by atoms with E-state index in [0.717, 1.165) is 24.2 Å². The number of rotatable bonds is 5. The number of phenolic OH excluding ortho intramolecular Hbond substituents is 1. The fourth-order valence-electron chi connectivity index (χ4n) is 1.45. The number of hydrogen-bond acceptors (Lipinski definition) is 2. The van der Waals surface area contributed by atoms with Gasteiger partial charge in [0.05, 0.1) is 5.56 Å². The molecule has 0 aliphatic carbocycles. The van der Waals surface area contributed by atoms with E-state index >= 15 is 0 Å². The molecule has 0 aliphatic rings. The number of carbonyl (C=O) groups is 1. The van der Waals surface area contributed by atoms with Crippen LogP contribution in [0.25, 0.3) is 0 Å². The maximum atomic E-state index is 13.4. The lowest BCUT2D eigenvalue weighted by Gasteiger charge is -2.13. The summed E-state index contributed by atoms with van der Waals surface area (Å²) in [5.41, 5.74) is -0.0477. The number of phenols is 1. The van der Waals surface area contributed by atoms with Gasteiger partial charge in [0.25, 0.3) is 5.91 Å². The minimum atomic E-state index is -0.713. The van der Waals surface area contributed by atoms with Crippen molar-refractivity contribution in [2.75, 3.05) is 5.33 Å². The second-order valence-electron chi connectivity index (χ2n) is 3.87. The summed E-state index contributed by atoms with van der Waals surface area (Å²) in [5, 5.41) is 12.6. The molecule has 0 saturated heterocycles. The minimum Gasteiger partial charge on any atom is -0.508 e. The third-order valence-electron chi connectivity index (χ3n) is 2.35. The number of nitrogens with one attached hydrogen (secondary N) is 1. The van der Waals surface area contributed by atoms with Gasteiger partial charge in [-0.2, -0.15) is 0 Å². The standard InChI is InChI=1S/C12H15BrFNO2/c1-8(3-2-6-13)15-12(17)10-5-4-9(16)7-11(10)14/h4-5,7-8,16H,2-3,6H2,1H3,(H,15,17). The number of alkyl halides is 1. The summed E-state index contributed by atoms with van der Waals surface area (Å²) in [6.07, 6.45) is 1.77.